The molecule has 1 fully saturated rings. The van der Waals surface area contributed by atoms with E-state index in [1.807, 2.05) is 36.0 Å². The molecule has 1 aliphatic rings. The quantitative estimate of drug-likeness (QED) is 0.800. The van der Waals surface area contributed by atoms with Gasteiger partial charge in [-0.3, -0.25) is 4.79 Å². The molecule has 2 heterocycles. The molecule has 3 nitrogen and oxygen atoms in total. The zero-order chi connectivity index (χ0) is 15.9. The first kappa shape index (κ1) is 19.3. The van der Waals surface area contributed by atoms with Crippen molar-refractivity contribution in [1.29, 1.82) is 0 Å². The molecule has 0 bridgehead atoms. The van der Waals surface area contributed by atoms with Crippen molar-refractivity contribution in [1.82, 2.24) is 10.6 Å². The highest BCUT2D eigenvalue weighted by Gasteiger charge is 2.20. The summed E-state index contributed by atoms with van der Waals surface area (Å²) in [6, 6.07) is 14.9. The molecule has 2 unspecified atom stereocenters. The van der Waals surface area contributed by atoms with E-state index >= 15 is 0 Å². The maximum absolute atomic E-state index is 12.5. The van der Waals surface area contributed by atoms with Gasteiger partial charge in [0.25, 0.3) is 0 Å². The predicted octanol–water partition coefficient (Wildman–Crippen LogP) is 3.67. The van der Waals surface area contributed by atoms with E-state index < -0.39 is 0 Å². The number of hydrogen-bond acceptors (Lipinski definition) is 4. The molecule has 1 aliphatic heterocycles. The van der Waals surface area contributed by atoms with Crippen LogP contribution in [0.4, 0.5) is 0 Å². The van der Waals surface area contributed by atoms with Crippen molar-refractivity contribution in [3.05, 3.63) is 58.3 Å². The number of amides is 1. The van der Waals surface area contributed by atoms with Gasteiger partial charge in [-0.1, -0.05) is 36.4 Å². The Labute approximate surface area is 158 Å². The number of carbonyl (C=O) groups excluding carboxylic acids is 1. The zero-order valence-corrected chi connectivity index (χ0v) is 15.9. The van der Waals surface area contributed by atoms with Gasteiger partial charge in [0.2, 0.25) is 5.91 Å². The average Bonchev–Trinajstić information content (AvgIpc) is 3.10. The van der Waals surface area contributed by atoms with E-state index in [1.54, 1.807) is 11.3 Å². The molecule has 0 aliphatic carbocycles. The summed E-state index contributed by atoms with van der Waals surface area (Å²) >= 11 is 3.63. The van der Waals surface area contributed by atoms with Gasteiger partial charge in [0, 0.05) is 35.4 Å². The molecule has 24 heavy (non-hydrogen) atoms. The van der Waals surface area contributed by atoms with Gasteiger partial charge < -0.3 is 10.6 Å². The van der Waals surface area contributed by atoms with Gasteiger partial charge in [0.15, 0.2) is 0 Å². The molecule has 0 saturated carbocycles. The molecule has 2 aromatic rings. The van der Waals surface area contributed by atoms with Gasteiger partial charge in [-0.05, 0) is 23.4 Å². The van der Waals surface area contributed by atoms with Crippen molar-refractivity contribution < 1.29 is 4.79 Å². The van der Waals surface area contributed by atoms with Crippen LogP contribution in [-0.2, 0) is 11.2 Å². The van der Waals surface area contributed by atoms with Crippen LogP contribution in [-0.4, -0.2) is 30.0 Å². The van der Waals surface area contributed by atoms with E-state index in [9.17, 15) is 4.79 Å². The smallest absolute Gasteiger partial charge is 0.222 e. The van der Waals surface area contributed by atoms with E-state index in [4.69, 9.17) is 0 Å². The van der Waals surface area contributed by atoms with E-state index in [1.165, 1.54) is 10.4 Å². The molecule has 3 rings (SSSR count). The Balaban J connectivity index is 0.00000208. The van der Waals surface area contributed by atoms with E-state index in [0.717, 1.165) is 24.5 Å². The molecule has 2 atom stereocenters. The lowest BCUT2D eigenvalue weighted by atomic mass is 10.0. The summed E-state index contributed by atoms with van der Waals surface area (Å²) in [5.41, 5.74) is 1.25. The Bertz CT molecular complexity index is 601. The van der Waals surface area contributed by atoms with Crippen LogP contribution in [0.5, 0.6) is 0 Å². The Hall–Kier alpha value is -1.01. The molecule has 1 aromatic carbocycles. The second-order valence-corrected chi connectivity index (χ2v) is 7.88. The molecule has 1 saturated heterocycles. The van der Waals surface area contributed by atoms with Gasteiger partial charge in [-0.15, -0.1) is 23.7 Å². The van der Waals surface area contributed by atoms with Crippen LogP contribution in [0.2, 0.25) is 0 Å². The summed E-state index contributed by atoms with van der Waals surface area (Å²) in [6.07, 6.45) is 1.39. The average molecular weight is 383 g/mol. The van der Waals surface area contributed by atoms with E-state index in [0.29, 0.717) is 12.5 Å². The normalized spacial score (nSPS) is 18.4. The Morgan fingerprint density at radius 2 is 2.08 bits per heavy atom. The number of hydrogen-bond donors (Lipinski definition) is 2. The Kier molecular flexibility index (Phi) is 8.12. The number of halogens is 1. The molecule has 2 N–H and O–H groups in total. The monoisotopic (exact) mass is 382 g/mol. The number of rotatable bonds is 6. The van der Waals surface area contributed by atoms with Crippen LogP contribution in [0, 0.1) is 0 Å². The number of benzene rings is 1. The fourth-order valence-corrected chi connectivity index (χ4v) is 4.52. The third-order valence-corrected chi connectivity index (χ3v) is 6.05. The van der Waals surface area contributed by atoms with E-state index in [-0.39, 0.29) is 24.4 Å². The lowest BCUT2D eigenvalue weighted by Crippen LogP contribution is -2.42. The fraction of sp³-hybridized carbons (Fsp3) is 0.389. The van der Waals surface area contributed by atoms with Crippen LogP contribution in [0.1, 0.15) is 22.9 Å². The van der Waals surface area contributed by atoms with Crippen LogP contribution in [0.25, 0.3) is 0 Å². The zero-order valence-electron chi connectivity index (χ0n) is 13.4. The maximum Gasteiger partial charge on any atom is 0.222 e. The molecule has 0 radical (unpaired) electrons. The summed E-state index contributed by atoms with van der Waals surface area (Å²) in [5.74, 6) is 2.30. The largest absolute Gasteiger partial charge is 0.348 e. The fourth-order valence-electron chi connectivity index (χ4n) is 2.79. The van der Waals surface area contributed by atoms with Crippen molar-refractivity contribution in [3.8, 4) is 0 Å². The first-order chi connectivity index (χ1) is 11.3. The number of nitrogens with one attached hydrogen (secondary N) is 2. The molecule has 0 spiro atoms. The van der Waals surface area contributed by atoms with Gasteiger partial charge in [0.05, 0.1) is 6.04 Å². The molecule has 130 valence electrons. The maximum atomic E-state index is 12.5. The molecular formula is C18H23ClN2OS2. The number of thiophene rings is 1. The van der Waals surface area contributed by atoms with Gasteiger partial charge in [-0.25, -0.2) is 0 Å². The minimum absolute atomic E-state index is 0. The molecule has 6 heteroatoms. The first-order valence-corrected chi connectivity index (χ1v) is 10.0. The second-order valence-electron chi connectivity index (χ2n) is 5.76. The number of carbonyl (C=O) groups is 1. The first-order valence-electron chi connectivity index (χ1n) is 7.99. The second kappa shape index (κ2) is 10.1. The third kappa shape index (κ3) is 5.81. The standard InChI is InChI=1S/C18H22N2OS2.ClH/c21-18(12-15-13-22-10-8-19-15)20-16(17-7-4-9-23-17)11-14-5-2-1-3-6-14;/h1-7,9,15-16,19H,8,10-13H2,(H,20,21);1H. The van der Waals surface area contributed by atoms with Gasteiger partial charge in [-0.2, -0.15) is 11.8 Å². The lowest BCUT2D eigenvalue weighted by molar-refractivity contribution is -0.122. The summed E-state index contributed by atoms with van der Waals surface area (Å²) in [7, 11) is 0. The van der Waals surface area contributed by atoms with Crippen molar-refractivity contribution >= 4 is 41.4 Å². The topological polar surface area (TPSA) is 41.1 Å². The van der Waals surface area contributed by atoms with Gasteiger partial charge in [0.1, 0.15) is 0 Å². The van der Waals surface area contributed by atoms with E-state index in [2.05, 4.69) is 34.2 Å². The van der Waals surface area contributed by atoms with Crippen molar-refractivity contribution in [2.24, 2.45) is 0 Å². The van der Waals surface area contributed by atoms with Crippen LogP contribution < -0.4 is 10.6 Å². The Morgan fingerprint density at radius 3 is 2.75 bits per heavy atom. The third-order valence-electron chi connectivity index (χ3n) is 3.93. The molecular weight excluding hydrogens is 360 g/mol. The van der Waals surface area contributed by atoms with Crippen molar-refractivity contribution in [2.75, 3.05) is 18.1 Å². The lowest BCUT2D eigenvalue weighted by Gasteiger charge is -2.24. The van der Waals surface area contributed by atoms with Crippen LogP contribution >= 0.6 is 35.5 Å². The van der Waals surface area contributed by atoms with Crippen molar-refractivity contribution in [3.63, 3.8) is 0 Å². The van der Waals surface area contributed by atoms with Crippen LogP contribution in [0.3, 0.4) is 0 Å². The summed E-state index contributed by atoms with van der Waals surface area (Å²) in [6.45, 7) is 1.00. The minimum atomic E-state index is 0. The summed E-state index contributed by atoms with van der Waals surface area (Å²) in [5, 5.41) is 8.73. The SMILES string of the molecule is Cl.O=C(CC1CSCCN1)NC(Cc1ccccc1)c1cccs1. The highest BCUT2D eigenvalue weighted by atomic mass is 35.5. The highest BCUT2D eigenvalue weighted by Crippen LogP contribution is 2.23. The van der Waals surface area contributed by atoms with Gasteiger partial charge >= 0.3 is 0 Å². The highest BCUT2D eigenvalue weighted by molar-refractivity contribution is 7.99. The minimum Gasteiger partial charge on any atom is -0.348 e. The Morgan fingerprint density at radius 1 is 1.25 bits per heavy atom. The molecule has 1 amide bonds. The molecule has 1 aromatic heterocycles. The summed E-state index contributed by atoms with van der Waals surface area (Å²) < 4.78 is 0. The van der Waals surface area contributed by atoms with Crippen molar-refractivity contribution in [2.45, 2.75) is 24.9 Å². The number of thioether (sulfide) groups is 1. The predicted molar refractivity (Wildman–Crippen MR) is 106 cm³/mol. The van der Waals surface area contributed by atoms with Crippen LogP contribution in [0.15, 0.2) is 47.8 Å². The summed E-state index contributed by atoms with van der Waals surface area (Å²) in [4.78, 5) is 13.7.